The van der Waals surface area contributed by atoms with Crippen molar-refractivity contribution in [1.82, 2.24) is 19.9 Å². The standard InChI is InChI=1S/C20H19ClN4O.ClH/c21-11-18(26)25-10-4-6-15(13-25)19-16-7-1-2-8-17(16)23-20(24-19)14-5-3-9-22-12-14;/h1-3,5,7-9,12,15H,4,6,10-11,13H2;1H. The normalized spacial score (nSPS) is 16.8. The van der Waals surface area contributed by atoms with Crippen LogP contribution in [0.15, 0.2) is 48.8 Å². The largest absolute Gasteiger partial charge is 0.341 e. The van der Waals surface area contributed by atoms with Gasteiger partial charge in [-0.1, -0.05) is 18.2 Å². The number of halogens is 2. The Hall–Kier alpha value is -2.24. The fourth-order valence-electron chi connectivity index (χ4n) is 3.55. The average Bonchev–Trinajstić information content (AvgIpc) is 2.73. The Bertz CT molecular complexity index is 936. The number of carbonyl (C=O) groups excluding carboxylic acids is 1. The van der Waals surface area contributed by atoms with Gasteiger partial charge < -0.3 is 4.90 Å². The van der Waals surface area contributed by atoms with Crippen LogP contribution >= 0.6 is 24.0 Å². The van der Waals surface area contributed by atoms with Crippen LogP contribution in [0.4, 0.5) is 0 Å². The maximum absolute atomic E-state index is 12.0. The van der Waals surface area contributed by atoms with Gasteiger partial charge in [-0.05, 0) is 31.0 Å². The smallest absolute Gasteiger partial charge is 0.237 e. The molecule has 7 heteroatoms. The molecule has 3 aromatic rings. The molecular formula is C20H20Cl2N4O. The molecule has 0 spiro atoms. The van der Waals surface area contributed by atoms with Gasteiger partial charge in [0, 0.05) is 42.4 Å². The molecule has 0 bridgehead atoms. The van der Waals surface area contributed by atoms with Gasteiger partial charge in [-0.25, -0.2) is 9.97 Å². The zero-order valence-electron chi connectivity index (χ0n) is 14.7. The van der Waals surface area contributed by atoms with Crippen LogP contribution < -0.4 is 0 Å². The van der Waals surface area contributed by atoms with E-state index in [1.807, 2.05) is 35.2 Å². The lowest BCUT2D eigenvalue weighted by Crippen LogP contribution is -2.40. The van der Waals surface area contributed by atoms with E-state index in [1.165, 1.54) is 0 Å². The Balaban J connectivity index is 0.00000210. The SMILES string of the molecule is Cl.O=C(CCl)N1CCCC(c2nc(-c3cccnc3)nc3ccccc23)C1. The highest BCUT2D eigenvalue weighted by Gasteiger charge is 2.27. The van der Waals surface area contributed by atoms with Crippen LogP contribution in [0.2, 0.25) is 0 Å². The average molecular weight is 403 g/mol. The van der Waals surface area contributed by atoms with E-state index in [4.69, 9.17) is 21.6 Å². The van der Waals surface area contributed by atoms with Gasteiger partial charge in [0.2, 0.25) is 5.91 Å². The summed E-state index contributed by atoms with van der Waals surface area (Å²) in [6.45, 7) is 1.42. The predicted molar refractivity (Wildman–Crippen MR) is 109 cm³/mol. The highest BCUT2D eigenvalue weighted by Crippen LogP contribution is 2.32. The first-order valence-corrected chi connectivity index (χ1v) is 9.30. The number of likely N-dealkylation sites (tertiary alicyclic amines) is 1. The van der Waals surface area contributed by atoms with Crippen LogP contribution in [0, 0.1) is 0 Å². The highest BCUT2D eigenvalue weighted by atomic mass is 35.5. The van der Waals surface area contributed by atoms with Crippen LogP contribution in [0.1, 0.15) is 24.5 Å². The number of benzene rings is 1. The minimum atomic E-state index is -0.0118. The zero-order chi connectivity index (χ0) is 17.9. The van der Waals surface area contributed by atoms with Crippen LogP contribution in [0.25, 0.3) is 22.3 Å². The van der Waals surface area contributed by atoms with Crippen LogP contribution in [-0.4, -0.2) is 44.7 Å². The molecule has 0 saturated carbocycles. The Kier molecular flexibility index (Phi) is 6.24. The summed E-state index contributed by atoms with van der Waals surface area (Å²) < 4.78 is 0. The van der Waals surface area contributed by atoms with Gasteiger partial charge in [0.05, 0.1) is 11.2 Å². The van der Waals surface area contributed by atoms with Crippen molar-refractivity contribution in [2.24, 2.45) is 0 Å². The third-order valence-corrected chi connectivity index (χ3v) is 5.06. The molecule has 1 aromatic carbocycles. The first-order valence-electron chi connectivity index (χ1n) is 8.77. The third-order valence-electron chi connectivity index (χ3n) is 4.83. The molecule has 4 rings (SSSR count). The van der Waals surface area contributed by atoms with Gasteiger partial charge in [-0.15, -0.1) is 24.0 Å². The topological polar surface area (TPSA) is 59.0 Å². The lowest BCUT2D eigenvalue weighted by atomic mass is 9.92. The van der Waals surface area contributed by atoms with Crippen LogP contribution in [0.5, 0.6) is 0 Å². The van der Waals surface area contributed by atoms with Crippen molar-refractivity contribution in [3.05, 3.63) is 54.5 Å². The molecule has 1 saturated heterocycles. The van der Waals surface area contributed by atoms with Crippen molar-refractivity contribution in [1.29, 1.82) is 0 Å². The summed E-state index contributed by atoms with van der Waals surface area (Å²) in [5.41, 5.74) is 2.81. The molecule has 140 valence electrons. The number of amides is 1. The quantitative estimate of drug-likeness (QED) is 0.619. The number of alkyl halides is 1. The molecule has 1 aliphatic heterocycles. The summed E-state index contributed by atoms with van der Waals surface area (Å²) in [6, 6.07) is 11.9. The van der Waals surface area contributed by atoms with Gasteiger partial charge in [0.25, 0.3) is 0 Å². The van der Waals surface area contributed by atoms with Crippen molar-refractivity contribution in [2.45, 2.75) is 18.8 Å². The molecule has 3 heterocycles. The van der Waals surface area contributed by atoms with Crippen molar-refractivity contribution < 1.29 is 4.79 Å². The Morgan fingerprint density at radius 1 is 1.19 bits per heavy atom. The van der Waals surface area contributed by atoms with Gasteiger partial charge in [0.1, 0.15) is 5.88 Å². The van der Waals surface area contributed by atoms with E-state index in [-0.39, 0.29) is 30.1 Å². The number of carbonyl (C=O) groups is 1. The van der Waals surface area contributed by atoms with Crippen molar-refractivity contribution in [3.8, 4) is 11.4 Å². The number of aromatic nitrogens is 3. The predicted octanol–water partition coefficient (Wildman–Crippen LogP) is 4.06. The molecule has 0 aliphatic carbocycles. The molecular weight excluding hydrogens is 383 g/mol. The molecule has 1 unspecified atom stereocenters. The first-order chi connectivity index (χ1) is 12.8. The van der Waals surface area contributed by atoms with Crippen molar-refractivity contribution in [2.75, 3.05) is 19.0 Å². The summed E-state index contributed by atoms with van der Waals surface area (Å²) >= 11 is 5.76. The van der Waals surface area contributed by atoms with Gasteiger partial charge in [-0.2, -0.15) is 0 Å². The zero-order valence-corrected chi connectivity index (χ0v) is 16.3. The number of piperidine rings is 1. The molecule has 27 heavy (non-hydrogen) atoms. The molecule has 1 fully saturated rings. The first kappa shape index (κ1) is 19.5. The monoisotopic (exact) mass is 402 g/mol. The van der Waals surface area contributed by atoms with E-state index in [0.29, 0.717) is 12.4 Å². The van der Waals surface area contributed by atoms with Gasteiger partial charge >= 0.3 is 0 Å². The maximum Gasteiger partial charge on any atom is 0.237 e. The van der Waals surface area contributed by atoms with E-state index in [9.17, 15) is 4.79 Å². The van der Waals surface area contributed by atoms with E-state index in [1.54, 1.807) is 12.4 Å². The summed E-state index contributed by atoms with van der Waals surface area (Å²) in [4.78, 5) is 27.7. The minimum absolute atomic E-state index is 0. The highest BCUT2D eigenvalue weighted by molar-refractivity contribution is 6.27. The van der Waals surface area contributed by atoms with Crippen molar-refractivity contribution in [3.63, 3.8) is 0 Å². The molecule has 0 radical (unpaired) electrons. The number of fused-ring (bicyclic) bond motifs is 1. The lowest BCUT2D eigenvalue weighted by molar-refractivity contribution is -0.129. The fraction of sp³-hybridized carbons (Fsp3) is 0.300. The number of hydrogen-bond acceptors (Lipinski definition) is 4. The second-order valence-corrected chi connectivity index (χ2v) is 6.77. The van der Waals surface area contributed by atoms with E-state index < -0.39 is 0 Å². The molecule has 5 nitrogen and oxygen atoms in total. The van der Waals surface area contributed by atoms with Gasteiger partial charge in [0.15, 0.2) is 5.82 Å². The van der Waals surface area contributed by atoms with Crippen LogP contribution in [0.3, 0.4) is 0 Å². The number of rotatable bonds is 3. The third kappa shape index (κ3) is 4.04. The van der Waals surface area contributed by atoms with Gasteiger partial charge in [-0.3, -0.25) is 9.78 Å². The molecule has 2 aromatic heterocycles. The molecule has 0 N–H and O–H groups in total. The second-order valence-electron chi connectivity index (χ2n) is 6.50. The number of hydrogen-bond donors (Lipinski definition) is 0. The maximum atomic E-state index is 12.0. The summed E-state index contributed by atoms with van der Waals surface area (Å²) in [5, 5.41) is 1.05. The Labute approximate surface area is 169 Å². The summed E-state index contributed by atoms with van der Waals surface area (Å²) in [6.07, 6.45) is 5.47. The van der Waals surface area contributed by atoms with Crippen LogP contribution in [-0.2, 0) is 4.79 Å². The molecule has 1 atom stereocenters. The van der Waals surface area contributed by atoms with E-state index >= 15 is 0 Å². The Morgan fingerprint density at radius 3 is 2.81 bits per heavy atom. The van der Waals surface area contributed by atoms with E-state index in [2.05, 4.69) is 11.1 Å². The molecule has 1 amide bonds. The number of nitrogens with zero attached hydrogens (tertiary/aromatic N) is 4. The summed E-state index contributed by atoms with van der Waals surface area (Å²) in [5.74, 6) is 0.868. The summed E-state index contributed by atoms with van der Waals surface area (Å²) in [7, 11) is 0. The second kappa shape index (κ2) is 8.63. The minimum Gasteiger partial charge on any atom is -0.341 e. The lowest BCUT2D eigenvalue weighted by Gasteiger charge is -2.32. The fourth-order valence-corrected chi connectivity index (χ4v) is 3.72. The van der Waals surface area contributed by atoms with Crippen molar-refractivity contribution >= 4 is 40.8 Å². The molecule has 1 aliphatic rings. The Morgan fingerprint density at radius 2 is 2.04 bits per heavy atom. The van der Waals surface area contributed by atoms with E-state index in [0.717, 1.165) is 41.5 Å². The number of pyridine rings is 1. The number of para-hydroxylation sites is 1.